The van der Waals surface area contributed by atoms with Gasteiger partial charge in [-0.05, 0) is 35.9 Å². The van der Waals surface area contributed by atoms with Gasteiger partial charge >= 0.3 is 5.97 Å². The Hall–Kier alpha value is -3.08. The van der Waals surface area contributed by atoms with Gasteiger partial charge in [0.25, 0.3) is 0 Å². The third kappa shape index (κ3) is 2.44. The number of Topliss-reactive ketones (excluding diaryl/α,β-unsaturated/α-hetero) is 1. The van der Waals surface area contributed by atoms with Gasteiger partial charge < -0.3 is 14.6 Å². The molecule has 2 aromatic rings. The number of hydrogen-bond donors (Lipinski definition) is 1. The first kappa shape index (κ1) is 13.9. The van der Waals surface area contributed by atoms with Crippen LogP contribution in [0.15, 0.2) is 48.2 Å². The third-order valence-corrected chi connectivity index (χ3v) is 3.31. The summed E-state index contributed by atoms with van der Waals surface area (Å²) in [5.74, 6) is -0.0678. The fraction of sp³-hybridized carbons (Fsp3) is 0.0588. The molecular formula is C17H12O5. The fourth-order valence-corrected chi connectivity index (χ4v) is 2.21. The number of allylic oxidation sites excluding steroid dienone is 1. The van der Waals surface area contributed by atoms with E-state index < -0.39 is 5.97 Å². The molecule has 0 aromatic heterocycles. The Morgan fingerprint density at radius 1 is 1.23 bits per heavy atom. The summed E-state index contributed by atoms with van der Waals surface area (Å²) < 4.78 is 10.6. The summed E-state index contributed by atoms with van der Waals surface area (Å²) in [5, 5.41) is 8.99. The summed E-state index contributed by atoms with van der Waals surface area (Å²) >= 11 is 0. The molecule has 0 saturated heterocycles. The average molecular weight is 296 g/mol. The summed E-state index contributed by atoms with van der Waals surface area (Å²) in [6, 6.07) is 11.3. The van der Waals surface area contributed by atoms with Gasteiger partial charge in [-0.1, -0.05) is 12.1 Å². The van der Waals surface area contributed by atoms with Crippen LogP contribution in [-0.4, -0.2) is 24.0 Å². The summed E-state index contributed by atoms with van der Waals surface area (Å²) in [4.78, 5) is 23.2. The lowest BCUT2D eigenvalue weighted by Crippen LogP contribution is -1.99. The van der Waals surface area contributed by atoms with E-state index in [9.17, 15) is 9.59 Å². The molecule has 5 heteroatoms. The quantitative estimate of drug-likeness (QED) is 0.881. The molecule has 2 aromatic carbocycles. The van der Waals surface area contributed by atoms with Gasteiger partial charge in [-0.3, -0.25) is 4.79 Å². The molecule has 1 aliphatic rings. The fourth-order valence-electron chi connectivity index (χ4n) is 2.21. The zero-order valence-electron chi connectivity index (χ0n) is 11.7. The standard InChI is InChI=1S/C17H12O5/c1-21-12-5-6-13-14(9-12)22-15(16(13)18)8-10-3-2-4-11(7-10)17(19)20/h2-9H,1H3,(H,19,20)/b15-8-. The number of rotatable bonds is 3. The topological polar surface area (TPSA) is 72.8 Å². The minimum absolute atomic E-state index is 0.152. The van der Waals surface area contributed by atoms with Gasteiger partial charge in [-0.15, -0.1) is 0 Å². The molecule has 0 fully saturated rings. The summed E-state index contributed by atoms with van der Waals surface area (Å²) in [6.45, 7) is 0. The Kier molecular flexibility index (Phi) is 3.39. The number of hydrogen-bond acceptors (Lipinski definition) is 4. The van der Waals surface area contributed by atoms with Crippen LogP contribution in [0, 0.1) is 0 Å². The van der Waals surface area contributed by atoms with E-state index in [0.717, 1.165) is 0 Å². The first-order chi connectivity index (χ1) is 10.6. The largest absolute Gasteiger partial charge is 0.497 e. The van der Waals surface area contributed by atoms with Gasteiger partial charge in [-0.2, -0.15) is 0 Å². The summed E-state index contributed by atoms with van der Waals surface area (Å²) in [5.41, 5.74) is 1.20. The highest BCUT2D eigenvalue weighted by atomic mass is 16.5. The van der Waals surface area contributed by atoms with Crippen molar-refractivity contribution in [3.63, 3.8) is 0 Å². The van der Waals surface area contributed by atoms with Crippen molar-refractivity contribution in [3.05, 3.63) is 64.9 Å². The molecule has 1 aliphatic heterocycles. The molecule has 0 amide bonds. The van der Waals surface area contributed by atoms with Gasteiger partial charge in [0.05, 0.1) is 18.2 Å². The number of benzene rings is 2. The molecular weight excluding hydrogens is 284 g/mol. The van der Waals surface area contributed by atoms with Gasteiger partial charge in [0, 0.05) is 6.07 Å². The molecule has 1 heterocycles. The molecule has 22 heavy (non-hydrogen) atoms. The van der Waals surface area contributed by atoms with Crippen LogP contribution in [0.25, 0.3) is 6.08 Å². The normalized spacial score (nSPS) is 14.6. The molecule has 5 nitrogen and oxygen atoms in total. The second-order valence-electron chi connectivity index (χ2n) is 4.73. The van der Waals surface area contributed by atoms with E-state index in [1.807, 2.05) is 0 Å². The van der Waals surface area contributed by atoms with Crippen molar-refractivity contribution >= 4 is 17.8 Å². The van der Waals surface area contributed by atoms with Crippen molar-refractivity contribution in [2.45, 2.75) is 0 Å². The molecule has 0 bridgehead atoms. The van der Waals surface area contributed by atoms with Crippen molar-refractivity contribution in [3.8, 4) is 11.5 Å². The van der Waals surface area contributed by atoms with E-state index in [0.29, 0.717) is 22.6 Å². The van der Waals surface area contributed by atoms with Gasteiger partial charge in [0.1, 0.15) is 11.5 Å². The Morgan fingerprint density at radius 3 is 2.77 bits per heavy atom. The van der Waals surface area contributed by atoms with Crippen LogP contribution >= 0.6 is 0 Å². The second-order valence-corrected chi connectivity index (χ2v) is 4.73. The number of fused-ring (bicyclic) bond motifs is 1. The monoisotopic (exact) mass is 296 g/mol. The van der Waals surface area contributed by atoms with Crippen LogP contribution < -0.4 is 9.47 Å². The van der Waals surface area contributed by atoms with E-state index in [2.05, 4.69) is 0 Å². The Labute approximate surface area is 126 Å². The maximum atomic E-state index is 12.3. The van der Waals surface area contributed by atoms with Crippen LogP contribution in [0.3, 0.4) is 0 Å². The lowest BCUT2D eigenvalue weighted by atomic mass is 10.1. The zero-order valence-corrected chi connectivity index (χ0v) is 11.7. The zero-order chi connectivity index (χ0) is 15.7. The highest BCUT2D eigenvalue weighted by Crippen LogP contribution is 2.34. The van der Waals surface area contributed by atoms with Crippen molar-refractivity contribution in [2.24, 2.45) is 0 Å². The minimum atomic E-state index is -1.02. The maximum absolute atomic E-state index is 12.3. The Morgan fingerprint density at radius 2 is 2.05 bits per heavy atom. The van der Waals surface area contributed by atoms with E-state index in [-0.39, 0.29) is 17.1 Å². The van der Waals surface area contributed by atoms with E-state index in [4.69, 9.17) is 14.6 Å². The SMILES string of the molecule is COc1ccc2c(c1)O/C(=C\c1cccc(C(=O)O)c1)C2=O. The Balaban J connectivity index is 1.95. The summed E-state index contributed by atoms with van der Waals surface area (Å²) in [6.07, 6.45) is 1.53. The number of carbonyl (C=O) groups excluding carboxylic acids is 1. The maximum Gasteiger partial charge on any atom is 0.335 e. The highest BCUT2D eigenvalue weighted by Gasteiger charge is 2.27. The van der Waals surface area contributed by atoms with Crippen molar-refractivity contribution in [1.82, 2.24) is 0 Å². The van der Waals surface area contributed by atoms with Crippen LogP contribution in [0.4, 0.5) is 0 Å². The molecule has 0 spiro atoms. The Bertz CT molecular complexity index is 804. The van der Waals surface area contributed by atoms with Crippen molar-refractivity contribution in [2.75, 3.05) is 7.11 Å². The molecule has 110 valence electrons. The number of carboxylic acid groups (broad SMARTS) is 1. The van der Waals surface area contributed by atoms with E-state index in [1.54, 1.807) is 30.3 Å². The third-order valence-electron chi connectivity index (χ3n) is 3.31. The van der Waals surface area contributed by atoms with E-state index >= 15 is 0 Å². The molecule has 0 aliphatic carbocycles. The smallest absolute Gasteiger partial charge is 0.335 e. The lowest BCUT2D eigenvalue weighted by molar-refractivity contribution is 0.0696. The molecule has 0 unspecified atom stereocenters. The molecule has 0 atom stereocenters. The molecule has 0 radical (unpaired) electrons. The first-order valence-electron chi connectivity index (χ1n) is 6.54. The van der Waals surface area contributed by atoms with Crippen molar-refractivity contribution in [1.29, 1.82) is 0 Å². The number of carbonyl (C=O) groups is 2. The van der Waals surface area contributed by atoms with Crippen LogP contribution in [0.1, 0.15) is 26.3 Å². The number of methoxy groups -OCH3 is 1. The average Bonchev–Trinajstić information content (AvgIpc) is 2.83. The number of carboxylic acids is 1. The lowest BCUT2D eigenvalue weighted by Gasteiger charge is -2.01. The van der Waals surface area contributed by atoms with Gasteiger partial charge in [0.15, 0.2) is 5.76 Å². The van der Waals surface area contributed by atoms with Crippen LogP contribution in [-0.2, 0) is 0 Å². The van der Waals surface area contributed by atoms with Gasteiger partial charge in [0.2, 0.25) is 5.78 Å². The van der Waals surface area contributed by atoms with Crippen molar-refractivity contribution < 1.29 is 24.2 Å². The number of ketones is 1. The first-order valence-corrected chi connectivity index (χ1v) is 6.54. The number of aromatic carboxylic acids is 1. The minimum Gasteiger partial charge on any atom is -0.497 e. The second kappa shape index (κ2) is 5.37. The van der Waals surface area contributed by atoms with E-state index in [1.165, 1.54) is 25.3 Å². The molecule has 0 saturated carbocycles. The predicted molar refractivity (Wildman–Crippen MR) is 79.3 cm³/mol. The van der Waals surface area contributed by atoms with Gasteiger partial charge in [-0.25, -0.2) is 4.79 Å². The molecule has 1 N–H and O–H groups in total. The van der Waals surface area contributed by atoms with Crippen LogP contribution in [0.5, 0.6) is 11.5 Å². The summed E-state index contributed by atoms with van der Waals surface area (Å²) in [7, 11) is 1.53. The molecule has 3 rings (SSSR count). The predicted octanol–water partition coefficient (Wildman–Crippen LogP) is 3.01. The van der Waals surface area contributed by atoms with Crippen LogP contribution in [0.2, 0.25) is 0 Å². The highest BCUT2D eigenvalue weighted by molar-refractivity contribution is 6.14. The number of ether oxygens (including phenoxy) is 2.